The molecule has 0 atom stereocenters. The smallest absolute Gasteiger partial charge is 0.241 e. The highest BCUT2D eigenvalue weighted by Gasteiger charge is 2.21. The van der Waals surface area contributed by atoms with Crippen molar-refractivity contribution in [2.24, 2.45) is 0 Å². The number of piperazine rings is 1. The van der Waals surface area contributed by atoms with Gasteiger partial charge in [0.05, 0.1) is 13.1 Å². The van der Waals surface area contributed by atoms with Crippen LogP contribution in [0.5, 0.6) is 0 Å². The van der Waals surface area contributed by atoms with E-state index in [1.165, 1.54) is 5.56 Å². The summed E-state index contributed by atoms with van der Waals surface area (Å²) in [5, 5.41) is 8.26. The van der Waals surface area contributed by atoms with E-state index >= 15 is 0 Å². The van der Waals surface area contributed by atoms with E-state index in [2.05, 4.69) is 65.1 Å². The van der Waals surface area contributed by atoms with Gasteiger partial charge in [-0.25, -0.2) is 0 Å². The van der Waals surface area contributed by atoms with Crippen molar-refractivity contribution < 1.29 is 9.05 Å². The number of benzene rings is 2. The van der Waals surface area contributed by atoms with Gasteiger partial charge in [0.2, 0.25) is 23.4 Å². The third-order valence-corrected chi connectivity index (χ3v) is 6.00. The summed E-state index contributed by atoms with van der Waals surface area (Å²) < 4.78 is 11.9. The van der Waals surface area contributed by atoms with Crippen molar-refractivity contribution in [1.82, 2.24) is 30.1 Å². The molecule has 0 radical (unpaired) electrons. The quantitative estimate of drug-likeness (QED) is 0.394. The minimum Gasteiger partial charge on any atom is -0.338 e. The Hall–Kier alpha value is -2.88. The van der Waals surface area contributed by atoms with E-state index in [1.807, 2.05) is 36.4 Å². The number of rotatable bonds is 6. The molecule has 8 nitrogen and oxygen atoms in total. The van der Waals surface area contributed by atoms with Gasteiger partial charge in [0.15, 0.2) is 0 Å². The van der Waals surface area contributed by atoms with Gasteiger partial charge in [0.1, 0.15) is 0 Å². The summed E-state index contributed by atoms with van der Waals surface area (Å²) in [6.45, 7) is 7.00. The van der Waals surface area contributed by atoms with Gasteiger partial charge in [0, 0.05) is 41.8 Å². The monoisotopic (exact) mass is 494 g/mol. The summed E-state index contributed by atoms with van der Waals surface area (Å²) >= 11 is 3.48. The summed E-state index contributed by atoms with van der Waals surface area (Å²) in [6.07, 6.45) is 0. The Morgan fingerprint density at radius 3 is 1.91 bits per heavy atom. The molecule has 1 aliphatic rings. The third kappa shape index (κ3) is 4.95. The molecule has 0 bridgehead atoms. The molecule has 0 amide bonds. The zero-order valence-corrected chi connectivity index (χ0v) is 19.3. The van der Waals surface area contributed by atoms with Crippen LogP contribution in [-0.2, 0) is 13.1 Å². The van der Waals surface area contributed by atoms with Crippen molar-refractivity contribution in [3.8, 4) is 22.8 Å². The number of hydrogen-bond donors (Lipinski definition) is 0. The van der Waals surface area contributed by atoms with Gasteiger partial charge in [0.25, 0.3) is 0 Å². The SMILES string of the molecule is Cc1ccc(-c2noc(CN3CCN(Cc4nc(-c5cccc(Br)c5)no4)CC3)n2)cc1. The van der Waals surface area contributed by atoms with E-state index < -0.39 is 0 Å². The molecule has 4 aromatic rings. The van der Waals surface area contributed by atoms with Crippen LogP contribution in [0.25, 0.3) is 22.8 Å². The molecule has 0 aliphatic carbocycles. The van der Waals surface area contributed by atoms with Gasteiger partial charge in [-0.1, -0.05) is 68.2 Å². The number of nitrogens with zero attached hydrogens (tertiary/aromatic N) is 6. The Morgan fingerprint density at radius 2 is 1.34 bits per heavy atom. The van der Waals surface area contributed by atoms with E-state index in [-0.39, 0.29) is 0 Å². The first-order valence-corrected chi connectivity index (χ1v) is 11.3. The summed E-state index contributed by atoms with van der Waals surface area (Å²) in [6, 6.07) is 16.0. The molecule has 3 heterocycles. The molecule has 1 saturated heterocycles. The Balaban J connectivity index is 1.13. The molecule has 2 aromatic carbocycles. The number of hydrogen-bond acceptors (Lipinski definition) is 8. The van der Waals surface area contributed by atoms with Crippen molar-refractivity contribution in [1.29, 1.82) is 0 Å². The highest BCUT2D eigenvalue weighted by atomic mass is 79.9. The highest BCUT2D eigenvalue weighted by Crippen LogP contribution is 2.21. The first-order valence-electron chi connectivity index (χ1n) is 10.6. The lowest BCUT2D eigenvalue weighted by Gasteiger charge is -2.32. The summed E-state index contributed by atoms with van der Waals surface area (Å²) in [5.74, 6) is 2.52. The fourth-order valence-corrected chi connectivity index (χ4v) is 4.09. The van der Waals surface area contributed by atoms with Crippen molar-refractivity contribution in [3.63, 3.8) is 0 Å². The fourth-order valence-electron chi connectivity index (χ4n) is 3.69. The van der Waals surface area contributed by atoms with Crippen molar-refractivity contribution in [3.05, 3.63) is 70.3 Å². The molecule has 0 N–H and O–H groups in total. The van der Waals surface area contributed by atoms with Gasteiger partial charge >= 0.3 is 0 Å². The minimum atomic E-state index is 0.612. The molecular formula is C23H23BrN6O2. The van der Waals surface area contributed by atoms with Gasteiger partial charge < -0.3 is 9.05 Å². The van der Waals surface area contributed by atoms with Crippen LogP contribution >= 0.6 is 15.9 Å². The maximum absolute atomic E-state index is 5.47. The summed E-state index contributed by atoms with van der Waals surface area (Å²) in [7, 11) is 0. The van der Waals surface area contributed by atoms with Gasteiger partial charge in [-0.2, -0.15) is 9.97 Å². The zero-order valence-electron chi connectivity index (χ0n) is 17.7. The highest BCUT2D eigenvalue weighted by molar-refractivity contribution is 9.10. The largest absolute Gasteiger partial charge is 0.338 e. The minimum absolute atomic E-state index is 0.612. The van der Waals surface area contributed by atoms with E-state index in [0.717, 1.165) is 41.8 Å². The Labute approximate surface area is 194 Å². The van der Waals surface area contributed by atoms with E-state index in [0.29, 0.717) is 36.5 Å². The lowest BCUT2D eigenvalue weighted by molar-refractivity contribution is 0.103. The molecule has 32 heavy (non-hydrogen) atoms. The summed E-state index contributed by atoms with van der Waals surface area (Å²) in [5.41, 5.74) is 3.11. The number of aromatic nitrogens is 4. The van der Waals surface area contributed by atoms with Crippen LogP contribution in [0.15, 0.2) is 62.0 Å². The van der Waals surface area contributed by atoms with Crippen LogP contribution in [0.4, 0.5) is 0 Å². The molecule has 5 rings (SSSR count). The van der Waals surface area contributed by atoms with Crippen LogP contribution in [0, 0.1) is 6.92 Å². The van der Waals surface area contributed by atoms with E-state index in [9.17, 15) is 0 Å². The van der Waals surface area contributed by atoms with Crippen molar-refractivity contribution in [2.75, 3.05) is 26.2 Å². The van der Waals surface area contributed by atoms with Gasteiger partial charge in [-0.15, -0.1) is 0 Å². The lowest BCUT2D eigenvalue weighted by atomic mass is 10.1. The van der Waals surface area contributed by atoms with Gasteiger partial charge in [-0.05, 0) is 19.1 Å². The topological polar surface area (TPSA) is 84.3 Å². The standard InChI is InChI=1S/C23H23BrN6O2/c1-16-5-7-17(8-6-16)22-25-20(31-27-22)14-29-9-11-30(12-10-29)15-21-26-23(28-32-21)18-3-2-4-19(24)13-18/h2-8,13H,9-12,14-15H2,1H3. The van der Waals surface area contributed by atoms with Crippen molar-refractivity contribution >= 4 is 15.9 Å². The van der Waals surface area contributed by atoms with Crippen LogP contribution < -0.4 is 0 Å². The average molecular weight is 495 g/mol. The summed E-state index contributed by atoms with van der Waals surface area (Å²) in [4.78, 5) is 13.8. The van der Waals surface area contributed by atoms with E-state index in [4.69, 9.17) is 9.05 Å². The maximum Gasteiger partial charge on any atom is 0.241 e. The molecule has 1 aliphatic heterocycles. The fraction of sp³-hybridized carbons (Fsp3) is 0.304. The zero-order chi connectivity index (χ0) is 21.9. The van der Waals surface area contributed by atoms with Crippen molar-refractivity contribution in [2.45, 2.75) is 20.0 Å². The maximum atomic E-state index is 5.47. The lowest BCUT2D eigenvalue weighted by Crippen LogP contribution is -2.45. The molecule has 164 valence electrons. The number of halogens is 1. The Kier molecular flexibility index (Phi) is 6.11. The predicted octanol–water partition coefficient (Wildman–Crippen LogP) is 4.18. The van der Waals surface area contributed by atoms with Gasteiger partial charge in [-0.3, -0.25) is 9.80 Å². The van der Waals surface area contributed by atoms with Crippen LogP contribution in [0.2, 0.25) is 0 Å². The predicted molar refractivity (Wildman–Crippen MR) is 122 cm³/mol. The first kappa shape index (κ1) is 21.0. The molecule has 2 aromatic heterocycles. The van der Waals surface area contributed by atoms with Crippen LogP contribution in [-0.4, -0.2) is 56.3 Å². The Bertz CT molecular complexity index is 1180. The number of aryl methyl sites for hydroxylation is 1. The Morgan fingerprint density at radius 1 is 0.781 bits per heavy atom. The molecule has 1 fully saturated rings. The third-order valence-electron chi connectivity index (χ3n) is 5.51. The first-order chi connectivity index (χ1) is 15.6. The van der Waals surface area contributed by atoms with E-state index in [1.54, 1.807) is 0 Å². The molecule has 0 unspecified atom stereocenters. The second kappa shape index (κ2) is 9.32. The average Bonchev–Trinajstić information content (AvgIpc) is 3.46. The van der Waals surface area contributed by atoms with Crippen LogP contribution in [0.1, 0.15) is 17.3 Å². The second-order valence-electron chi connectivity index (χ2n) is 7.95. The molecule has 9 heteroatoms. The molecule has 0 saturated carbocycles. The molecular weight excluding hydrogens is 472 g/mol. The van der Waals surface area contributed by atoms with Crippen LogP contribution in [0.3, 0.4) is 0 Å². The molecule has 0 spiro atoms. The second-order valence-corrected chi connectivity index (χ2v) is 8.87. The normalized spacial score (nSPS) is 15.3.